The highest BCUT2D eigenvalue weighted by Gasteiger charge is 2.34. The van der Waals surface area contributed by atoms with Crippen LogP contribution in [0.2, 0.25) is 0 Å². The Balaban J connectivity index is 1.76. The lowest BCUT2D eigenvalue weighted by Crippen LogP contribution is -2.37. The minimum Gasteiger partial charge on any atom is -0.282 e. The lowest BCUT2D eigenvalue weighted by molar-refractivity contribution is -0.144. The molecule has 1 aliphatic heterocycles. The highest BCUT2D eigenvalue weighted by atomic mass is 16.2. The Kier molecular flexibility index (Phi) is 2.46. The topological polar surface area (TPSA) is 37.4 Å². The number of hydrogen-bond acceptors (Lipinski definition) is 2. The van der Waals surface area contributed by atoms with Crippen molar-refractivity contribution < 1.29 is 9.59 Å². The van der Waals surface area contributed by atoms with E-state index in [-0.39, 0.29) is 17.7 Å². The Labute approximate surface area is 100 Å². The molecule has 17 heavy (non-hydrogen) atoms. The number of carbonyl (C=O) groups excluding carboxylic acids is 2. The average molecular weight is 229 g/mol. The van der Waals surface area contributed by atoms with Crippen LogP contribution < -0.4 is 0 Å². The van der Waals surface area contributed by atoms with E-state index < -0.39 is 0 Å². The van der Waals surface area contributed by atoms with Gasteiger partial charge in [0.25, 0.3) is 0 Å². The number of fused-ring (bicyclic) bond motifs is 1. The van der Waals surface area contributed by atoms with Gasteiger partial charge < -0.3 is 0 Å². The molecule has 3 nitrogen and oxygen atoms in total. The minimum absolute atomic E-state index is 0.00551. The summed E-state index contributed by atoms with van der Waals surface area (Å²) in [6, 6.07) is 8.17. The Morgan fingerprint density at radius 1 is 1.18 bits per heavy atom. The van der Waals surface area contributed by atoms with E-state index in [1.807, 2.05) is 12.1 Å². The maximum absolute atomic E-state index is 12.2. The van der Waals surface area contributed by atoms with Gasteiger partial charge in [-0.15, -0.1) is 0 Å². The summed E-state index contributed by atoms with van der Waals surface area (Å²) in [7, 11) is 0. The molecule has 3 heteroatoms. The zero-order chi connectivity index (χ0) is 11.8. The summed E-state index contributed by atoms with van der Waals surface area (Å²) < 4.78 is 0. The van der Waals surface area contributed by atoms with Crippen LogP contribution in [0.4, 0.5) is 0 Å². The van der Waals surface area contributed by atoms with Gasteiger partial charge in [-0.25, -0.2) is 0 Å². The van der Waals surface area contributed by atoms with Crippen molar-refractivity contribution in [3.05, 3.63) is 35.4 Å². The Morgan fingerprint density at radius 2 is 1.82 bits per heavy atom. The van der Waals surface area contributed by atoms with Gasteiger partial charge in [-0.3, -0.25) is 14.5 Å². The lowest BCUT2D eigenvalue weighted by Gasteiger charge is -2.17. The zero-order valence-corrected chi connectivity index (χ0v) is 9.69. The first kappa shape index (κ1) is 10.5. The van der Waals surface area contributed by atoms with Crippen molar-refractivity contribution in [1.29, 1.82) is 0 Å². The van der Waals surface area contributed by atoms with Crippen LogP contribution in [-0.4, -0.2) is 23.3 Å². The van der Waals surface area contributed by atoms with Gasteiger partial charge in [-0.05, 0) is 30.4 Å². The smallest absolute Gasteiger partial charge is 0.232 e. The summed E-state index contributed by atoms with van der Waals surface area (Å²) >= 11 is 0. The number of hydrogen-bond donors (Lipinski definition) is 0. The standard InChI is InChI=1S/C14H15NO2/c16-13-6-3-7-15(13)14(17)12-8-10-4-1-2-5-11(10)9-12/h1-2,4-5,12H,3,6-9H2. The quantitative estimate of drug-likeness (QED) is 0.685. The van der Waals surface area contributed by atoms with Crippen molar-refractivity contribution in [2.24, 2.45) is 5.92 Å². The second-order valence-electron chi connectivity index (χ2n) is 4.86. The number of carbonyl (C=O) groups is 2. The molecule has 0 bridgehead atoms. The van der Waals surface area contributed by atoms with Crippen molar-refractivity contribution in [2.75, 3.05) is 6.54 Å². The van der Waals surface area contributed by atoms with Crippen LogP contribution in [0.5, 0.6) is 0 Å². The maximum Gasteiger partial charge on any atom is 0.232 e. The molecule has 0 N–H and O–H groups in total. The molecule has 2 aliphatic rings. The Bertz CT molecular complexity index is 456. The first-order valence-corrected chi connectivity index (χ1v) is 6.16. The molecule has 1 aromatic rings. The summed E-state index contributed by atoms with van der Waals surface area (Å²) in [5, 5.41) is 0. The third-order valence-electron chi connectivity index (χ3n) is 3.74. The van der Waals surface area contributed by atoms with E-state index >= 15 is 0 Å². The number of benzene rings is 1. The van der Waals surface area contributed by atoms with Gasteiger partial charge >= 0.3 is 0 Å². The molecule has 0 saturated carbocycles. The molecule has 2 amide bonds. The van der Waals surface area contributed by atoms with Gasteiger partial charge in [-0.1, -0.05) is 24.3 Å². The largest absolute Gasteiger partial charge is 0.282 e. The molecule has 0 unspecified atom stereocenters. The normalized spacial score (nSPS) is 19.8. The summed E-state index contributed by atoms with van der Waals surface area (Å²) in [6.07, 6.45) is 2.94. The van der Waals surface area contributed by atoms with Crippen molar-refractivity contribution in [1.82, 2.24) is 4.90 Å². The van der Waals surface area contributed by atoms with Crippen LogP contribution in [-0.2, 0) is 22.4 Å². The molecule has 0 spiro atoms. The number of imide groups is 1. The molecule has 88 valence electrons. The molecule has 0 radical (unpaired) electrons. The molecule has 1 saturated heterocycles. The van der Waals surface area contributed by atoms with Crippen LogP contribution in [0.15, 0.2) is 24.3 Å². The number of likely N-dealkylation sites (tertiary alicyclic amines) is 1. The van der Waals surface area contributed by atoms with Gasteiger partial charge in [-0.2, -0.15) is 0 Å². The second kappa shape index (κ2) is 3.99. The first-order valence-electron chi connectivity index (χ1n) is 6.16. The molecule has 0 aromatic heterocycles. The van der Waals surface area contributed by atoms with Crippen molar-refractivity contribution in [3.8, 4) is 0 Å². The van der Waals surface area contributed by atoms with Gasteiger partial charge in [0.1, 0.15) is 0 Å². The van der Waals surface area contributed by atoms with E-state index in [2.05, 4.69) is 12.1 Å². The summed E-state index contributed by atoms with van der Waals surface area (Å²) in [5.74, 6) is 0.0177. The molecule has 1 fully saturated rings. The fraction of sp³-hybridized carbons (Fsp3) is 0.429. The molecule has 1 heterocycles. The molecule has 0 atom stereocenters. The van der Waals surface area contributed by atoms with Gasteiger partial charge in [0, 0.05) is 18.9 Å². The fourth-order valence-electron chi connectivity index (χ4n) is 2.84. The molecular weight excluding hydrogens is 214 g/mol. The minimum atomic E-state index is -0.0190. The number of amides is 2. The predicted octanol–water partition coefficient (Wildman–Crippen LogP) is 1.55. The van der Waals surface area contributed by atoms with Crippen LogP contribution in [0, 0.1) is 5.92 Å². The van der Waals surface area contributed by atoms with E-state index in [0.29, 0.717) is 13.0 Å². The highest BCUT2D eigenvalue weighted by Crippen LogP contribution is 2.28. The molecule has 1 aromatic carbocycles. The monoisotopic (exact) mass is 229 g/mol. The summed E-state index contributed by atoms with van der Waals surface area (Å²) in [5.41, 5.74) is 2.52. The van der Waals surface area contributed by atoms with Gasteiger partial charge in [0.15, 0.2) is 0 Å². The molecular formula is C14H15NO2. The zero-order valence-electron chi connectivity index (χ0n) is 9.69. The van der Waals surface area contributed by atoms with Crippen LogP contribution in [0.1, 0.15) is 24.0 Å². The highest BCUT2D eigenvalue weighted by molar-refractivity contribution is 5.98. The number of nitrogens with zero attached hydrogens (tertiary/aromatic N) is 1. The van der Waals surface area contributed by atoms with Crippen LogP contribution in [0.25, 0.3) is 0 Å². The average Bonchev–Trinajstić information content (AvgIpc) is 2.93. The lowest BCUT2D eigenvalue weighted by atomic mass is 10.1. The van der Waals surface area contributed by atoms with Crippen molar-refractivity contribution in [3.63, 3.8) is 0 Å². The fourth-order valence-corrected chi connectivity index (χ4v) is 2.84. The van der Waals surface area contributed by atoms with E-state index in [0.717, 1.165) is 19.3 Å². The van der Waals surface area contributed by atoms with Crippen LogP contribution >= 0.6 is 0 Å². The molecule has 1 aliphatic carbocycles. The van der Waals surface area contributed by atoms with Gasteiger partial charge in [0.05, 0.1) is 0 Å². The Morgan fingerprint density at radius 3 is 2.35 bits per heavy atom. The third kappa shape index (κ3) is 1.75. The SMILES string of the molecule is O=C1CCCN1C(=O)C1Cc2ccccc2C1. The predicted molar refractivity (Wildman–Crippen MR) is 63.3 cm³/mol. The van der Waals surface area contributed by atoms with Crippen molar-refractivity contribution >= 4 is 11.8 Å². The van der Waals surface area contributed by atoms with E-state index in [9.17, 15) is 9.59 Å². The van der Waals surface area contributed by atoms with Gasteiger partial charge in [0.2, 0.25) is 11.8 Å². The second-order valence-corrected chi connectivity index (χ2v) is 4.86. The van der Waals surface area contributed by atoms with Crippen LogP contribution in [0.3, 0.4) is 0 Å². The number of rotatable bonds is 1. The van der Waals surface area contributed by atoms with E-state index in [1.165, 1.54) is 16.0 Å². The van der Waals surface area contributed by atoms with E-state index in [1.54, 1.807) is 0 Å². The summed E-state index contributed by atoms with van der Waals surface area (Å²) in [4.78, 5) is 25.2. The third-order valence-corrected chi connectivity index (χ3v) is 3.74. The molecule has 3 rings (SSSR count). The van der Waals surface area contributed by atoms with E-state index in [4.69, 9.17) is 0 Å². The van der Waals surface area contributed by atoms with Crippen molar-refractivity contribution in [2.45, 2.75) is 25.7 Å². The first-order chi connectivity index (χ1) is 8.25. The Hall–Kier alpha value is -1.64. The summed E-state index contributed by atoms with van der Waals surface area (Å²) in [6.45, 7) is 0.616. The maximum atomic E-state index is 12.2.